The normalized spacial score (nSPS) is 16.8. The Kier molecular flexibility index (Phi) is 5.36. The second-order valence-electron chi connectivity index (χ2n) is 10.8. The van der Waals surface area contributed by atoms with Crippen LogP contribution in [0.25, 0.3) is 38.6 Å². The van der Waals surface area contributed by atoms with Crippen LogP contribution in [-0.4, -0.2) is 10.6 Å². The highest BCUT2D eigenvalue weighted by Crippen LogP contribution is 2.49. The average molecular weight is 537 g/mol. The Labute approximate surface area is 243 Å². The summed E-state index contributed by atoms with van der Waals surface area (Å²) >= 11 is 0. The Morgan fingerprint density at radius 1 is 0.571 bits per heavy atom. The third kappa shape index (κ3) is 3.60. The number of benzene rings is 5. The zero-order valence-electron chi connectivity index (χ0n) is 22.6. The number of rotatable bonds is 3. The molecule has 2 aliphatic rings. The van der Waals surface area contributed by atoms with Crippen LogP contribution < -0.4 is 4.90 Å². The summed E-state index contributed by atoms with van der Waals surface area (Å²) in [6.07, 6.45) is 8.79. The van der Waals surface area contributed by atoms with E-state index in [1.165, 1.54) is 27.6 Å². The zero-order valence-corrected chi connectivity index (χ0v) is 22.6. The number of hydrogen-bond donors (Lipinski definition) is 0. The molecule has 0 saturated heterocycles. The molecule has 5 aromatic carbocycles. The summed E-state index contributed by atoms with van der Waals surface area (Å²) in [5.41, 5.74) is 10.4. The van der Waals surface area contributed by atoms with Gasteiger partial charge in [-0.1, -0.05) is 66.8 Å². The molecule has 2 unspecified atom stereocenters. The monoisotopic (exact) mass is 536 g/mol. The van der Waals surface area contributed by atoms with Gasteiger partial charge in [0.05, 0.1) is 40.3 Å². The van der Waals surface area contributed by atoms with E-state index in [1.807, 2.05) is 36.4 Å². The summed E-state index contributed by atoms with van der Waals surface area (Å²) in [5.74, 6) is 0.230. The van der Waals surface area contributed by atoms with E-state index >= 15 is 0 Å². The van der Waals surface area contributed by atoms with Crippen LogP contribution in [-0.2, 0) is 0 Å². The van der Waals surface area contributed by atoms with E-state index in [0.29, 0.717) is 11.1 Å². The molecule has 196 valence electrons. The van der Waals surface area contributed by atoms with Gasteiger partial charge in [0.15, 0.2) is 0 Å². The first kappa shape index (κ1) is 24.0. The molecule has 1 aromatic heterocycles. The minimum Gasteiger partial charge on any atom is -0.333 e. The Morgan fingerprint density at radius 2 is 1.26 bits per heavy atom. The topological polar surface area (TPSA) is 55.8 Å². The number of hydrogen-bond acceptors (Lipinski definition) is 3. The van der Waals surface area contributed by atoms with Gasteiger partial charge in [0.25, 0.3) is 0 Å². The van der Waals surface area contributed by atoms with Gasteiger partial charge in [-0.2, -0.15) is 10.5 Å². The van der Waals surface area contributed by atoms with Crippen molar-refractivity contribution in [3.05, 3.63) is 150 Å². The van der Waals surface area contributed by atoms with E-state index in [9.17, 15) is 10.5 Å². The Morgan fingerprint density at radius 3 is 2.10 bits per heavy atom. The highest BCUT2D eigenvalue weighted by atomic mass is 15.2. The summed E-state index contributed by atoms with van der Waals surface area (Å²) in [7, 11) is 0. The molecule has 0 radical (unpaired) electrons. The average Bonchev–Trinajstić information content (AvgIpc) is 3.57. The van der Waals surface area contributed by atoms with Gasteiger partial charge in [-0.15, -0.1) is 0 Å². The molecule has 4 heteroatoms. The van der Waals surface area contributed by atoms with Crippen LogP contribution in [0.3, 0.4) is 0 Å². The van der Waals surface area contributed by atoms with Crippen LogP contribution in [0.15, 0.2) is 133 Å². The molecule has 0 spiro atoms. The molecule has 0 saturated carbocycles. The predicted molar refractivity (Wildman–Crippen MR) is 169 cm³/mol. The number of aromatic nitrogens is 1. The molecular weight excluding hydrogens is 512 g/mol. The van der Waals surface area contributed by atoms with Crippen molar-refractivity contribution in [3.8, 4) is 29.0 Å². The second kappa shape index (κ2) is 9.37. The molecule has 2 atom stereocenters. The van der Waals surface area contributed by atoms with Gasteiger partial charge < -0.3 is 9.47 Å². The van der Waals surface area contributed by atoms with Crippen molar-refractivity contribution in [2.45, 2.75) is 12.0 Å². The number of allylic oxidation sites excluding steroid dienone is 2. The van der Waals surface area contributed by atoms with Gasteiger partial charge in [0, 0.05) is 33.8 Å². The standard InChI is InChI=1S/C38H24N4/c39-23-25-7-5-9-29(19-25)41-35-13-3-1-11-31(35)33-21-27(15-17-37(33)41)28-16-18-38-34(22-28)32-12-2-4-14-36(32)42(38)30-10-6-8-26(20-30)24-40/h1-22,31,35H. The lowest BCUT2D eigenvalue weighted by Gasteiger charge is -2.28. The molecule has 4 nitrogen and oxygen atoms in total. The molecule has 0 N–H and O–H groups in total. The third-order valence-electron chi connectivity index (χ3n) is 8.54. The molecule has 2 heterocycles. The third-order valence-corrected chi connectivity index (χ3v) is 8.54. The van der Waals surface area contributed by atoms with Crippen molar-refractivity contribution >= 4 is 33.2 Å². The van der Waals surface area contributed by atoms with Crippen molar-refractivity contribution in [3.63, 3.8) is 0 Å². The highest BCUT2D eigenvalue weighted by Gasteiger charge is 2.37. The van der Waals surface area contributed by atoms with Gasteiger partial charge in [0.2, 0.25) is 0 Å². The summed E-state index contributed by atoms with van der Waals surface area (Å²) in [4.78, 5) is 2.36. The smallest absolute Gasteiger partial charge is 0.0992 e. The van der Waals surface area contributed by atoms with Gasteiger partial charge in [-0.05, 0) is 83.4 Å². The number of nitrogens with zero attached hydrogens (tertiary/aromatic N) is 4. The molecule has 0 bridgehead atoms. The number of anilines is 2. The van der Waals surface area contributed by atoms with Crippen LogP contribution in [0, 0.1) is 22.7 Å². The van der Waals surface area contributed by atoms with Crippen molar-refractivity contribution < 1.29 is 0 Å². The summed E-state index contributed by atoms with van der Waals surface area (Å²) in [5, 5.41) is 21.4. The fraction of sp³-hybridized carbons (Fsp3) is 0.0526. The van der Waals surface area contributed by atoms with Gasteiger partial charge in [0.1, 0.15) is 0 Å². The van der Waals surface area contributed by atoms with Crippen molar-refractivity contribution in [1.29, 1.82) is 10.5 Å². The maximum Gasteiger partial charge on any atom is 0.0992 e. The molecule has 1 aliphatic carbocycles. The Hall–Kier alpha value is -5.84. The lowest BCUT2D eigenvalue weighted by molar-refractivity contribution is 0.745. The minimum absolute atomic E-state index is 0.166. The first-order chi connectivity index (χ1) is 20.7. The summed E-state index contributed by atoms with van der Waals surface area (Å²) in [6.45, 7) is 0. The molecule has 0 amide bonds. The maximum absolute atomic E-state index is 9.52. The predicted octanol–water partition coefficient (Wildman–Crippen LogP) is 8.92. The van der Waals surface area contributed by atoms with Gasteiger partial charge in [-0.25, -0.2) is 0 Å². The van der Waals surface area contributed by atoms with Crippen molar-refractivity contribution in [2.75, 3.05) is 4.90 Å². The number of para-hydroxylation sites is 1. The van der Waals surface area contributed by atoms with E-state index in [1.54, 1.807) is 0 Å². The molecule has 0 fully saturated rings. The van der Waals surface area contributed by atoms with Crippen LogP contribution in [0.2, 0.25) is 0 Å². The second-order valence-corrected chi connectivity index (χ2v) is 10.8. The molecule has 1 aliphatic heterocycles. The van der Waals surface area contributed by atoms with Gasteiger partial charge in [-0.3, -0.25) is 0 Å². The number of nitriles is 2. The molecule has 6 aromatic rings. The first-order valence-electron chi connectivity index (χ1n) is 14.1. The maximum atomic E-state index is 9.52. The van der Waals surface area contributed by atoms with Crippen molar-refractivity contribution in [2.24, 2.45) is 0 Å². The molecule has 8 rings (SSSR count). The lowest BCUT2D eigenvalue weighted by Crippen LogP contribution is -2.28. The van der Waals surface area contributed by atoms with Crippen LogP contribution in [0.4, 0.5) is 11.4 Å². The fourth-order valence-corrected chi connectivity index (χ4v) is 6.69. The highest BCUT2D eigenvalue weighted by molar-refractivity contribution is 6.10. The largest absolute Gasteiger partial charge is 0.333 e. The molecule has 42 heavy (non-hydrogen) atoms. The minimum atomic E-state index is 0.166. The quantitative estimate of drug-likeness (QED) is 0.227. The van der Waals surface area contributed by atoms with Gasteiger partial charge >= 0.3 is 0 Å². The van der Waals surface area contributed by atoms with Crippen LogP contribution >= 0.6 is 0 Å². The van der Waals surface area contributed by atoms with E-state index < -0.39 is 0 Å². The number of fused-ring (bicyclic) bond motifs is 6. The van der Waals surface area contributed by atoms with Crippen LogP contribution in [0.5, 0.6) is 0 Å². The van der Waals surface area contributed by atoms with Crippen LogP contribution in [0.1, 0.15) is 22.6 Å². The Balaban J connectivity index is 1.28. The Bertz CT molecular complexity index is 2200. The summed E-state index contributed by atoms with van der Waals surface area (Å²) in [6, 6.07) is 42.3. The van der Waals surface area contributed by atoms with E-state index in [0.717, 1.165) is 28.0 Å². The van der Waals surface area contributed by atoms with E-state index in [-0.39, 0.29) is 12.0 Å². The van der Waals surface area contributed by atoms with E-state index in [4.69, 9.17) is 0 Å². The SMILES string of the molecule is N#Cc1cccc(N2c3ccc(-c4ccc5c(c4)c4ccccc4n5-c4cccc(C#N)c4)cc3C3C=CC=CC32)c1. The zero-order chi connectivity index (χ0) is 28.2. The van der Waals surface area contributed by atoms with Crippen molar-refractivity contribution in [1.82, 2.24) is 4.57 Å². The first-order valence-corrected chi connectivity index (χ1v) is 14.1. The molecular formula is C38H24N4. The summed E-state index contributed by atoms with van der Waals surface area (Å²) < 4.78 is 2.25. The van der Waals surface area contributed by atoms with E-state index in [2.05, 4.69) is 119 Å². The fourth-order valence-electron chi connectivity index (χ4n) is 6.69. The lowest BCUT2D eigenvalue weighted by atomic mass is 9.89.